The van der Waals surface area contributed by atoms with E-state index in [2.05, 4.69) is 53.0 Å². The number of hydrogen-bond acceptors (Lipinski definition) is 6. The molecule has 6 nitrogen and oxygen atoms in total. The van der Waals surface area contributed by atoms with Crippen LogP contribution >= 0.6 is 11.3 Å². The summed E-state index contributed by atoms with van der Waals surface area (Å²) in [6.45, 7) is 9.99. The zero-order valence-electron chi connectivity index (χ0n) is 20.2. The molecule has 0 atom stereocenters. The highest BCUT2D eigenvalue weighted by Gasteiger charge is 2.17. The SMILES string of the molecule is Cc1nc(COc2ccn(C3=Cc4ccc(CN5CCN(C)CC5)cc4CC3)c(=O)c2)sc1C. The number of ether oxygens (including phenoxy) is 1. The number of likely N-dealkylation sites (N-methyl/N-ethyl adjacent to an activating group) is 1. The van der Waals surface area contributed by atoms with E-state index in [1.807, 2.05) is 19.2 Å². The molecule has 0 unspecified atom stereocenters. The van der Waals surface area contributed by atoms with Crippen LogP contribution in [0.2, 0.25) is 0 Å². The normalized spacial score (nSPS) is 16.9. The monoisotopic (exact) mass is 476 g/mol. The van der Waals surface area contributed by atoms with Crippen molar-refractivity contribution in [3.05, 3.63) is 79.2 Å². The Kier molecular flexibility index (Phi) is 6.68. The van der Waals surface area contributed by atoms with E-state index in [0.29, 0.717) is 12.4 Å². The molecule has 3 aromatic rings. The van der Waals surface area contributed by atoms with Gasteiger partial charge in [0.2, 0.25) is 0 Å². The quantitative estimate of drug-likeness (QED) is 0.534. The second-order valence-corrected chi connectivity index (χ2v) is 10.6. The van der Waals surface area contributed by atoms with Crippen LogP contribution in [-0.4, -0.2) is 52.6 Å². The van der Waals surface area contributed by atoms with E-state index in [9.17, 15) is 4.79 Å². The molecular formula is C27H32N4O2S. The summed E-state index contributed by atoms with van der Waals surface area (Å²) in [5.74, 6) is 0.581. The number of thiazole rings is 1. The third-order valence-electron chi connectivity index (χ3n) is 6.82. The highest BCUT2D eigenvalue weighted by atomic mass is 32.1. The molecule has 1 saturated heterocycles. The first-order valence-electron chi connectivity index (χ1n) is 12.0. The van der Waals surface area contributed by atoms with Crippen molar-refractivity contribution >= 4 is 23.1 Å². The molecule has 0 bridgehead atoms. The van der Waals surface area contributed by atoms with Crippen molar-refractivity contribution < 1.29 is 4.74 Å². The Morgan fingerprint density at radius 3 is 2.62 bits per heavy atom. The predicted molar refractivity (Wildman–Crippen MR) is 138 cm³/mol. The average molecular weight is 477 g/mol. The van der Waals surface area contributed by atoms with Crippen LogP contribution in [-0.2, 0) is 19.6 Å². The maximum Gasteiger partial charge on any atom is 0.258 e. The fraction of sp³-hybridized carbons (Fsp3) is 0.407. The highest BCUT2D eigenvalue weighted by Crippen LogP contribution is 2.28. The average Bonchev–Trinajstić information content (AvgIpc) is 3.16. The van der Waals surface area contributed by atoms with Crippen LogP contribution in [0.4, 0.5) is 0 Å². The van der Waals surface area contributed by atoms with Crippen LogP contribution in [0.15, 0.2) is 41.3 Å². The molecule has 0 radical (unpaired) electrons. The third-order valence-corrected chi connectivity index (χ3v) is 7.86. The van der Waals surface area contributed by atoms with Crippen LogP contribution in [0.1, 0.15) is 38.7 Å². The molecular weight excluding hydrogens is 444 g/mol. The minimum Gasteiger partial charge on any atom is -0.486 e. The van der Waals surface area contributed by atoms with Crippen LogP contribution < -0.4 is 10.3 Å². The van der Waals surface area contributed by atoms with Gasteiger partial charge in [0.1, 0.15) is 17.4 Å². The van der Waals surface area contributed by atoms with Crippen molar-refractivity contribution in [2.45, 2.75) is 39.8 Å². The number of allylic oxidation sites excluding steroid dienone is 1. The lowest BCUT2D eigenvalue weighted by Crippen LogP contribution is -2.43. The molecule has 5 rings (SSSR count). The lowest BCUT2D eigenvalue weighted by atomic mass is 9.93. The van der Waals surface area contributed by atoms with Crippen molar-refractivity contribution in [2.24, 2.45) is 0 Å². The summed E-state index contributed by atoms with van der Waals surface area (Å²) in [5, 5.41) is 0.928. The molecule has 0 spiro atoms. The van der Waals surface area contributed by atoms with Crippen molar-refractivity contribution in [1.29, 1.82) is 0 Å². The van der Waals surface area contributed by atoms with Gasteiger partial charge in [0.25, 0.3) is 5.56 Å². The van der Waals surface area contributed by atoms with Crippen molar-refractivity contribution in [3.8, 4) is 5.75 Å². The molecule has 0 N–H and O–H groups in total. The van der Waals surface area contributed by atoms with Crippen molar-refractivity contribution in [3.63, 3.8) is 0 Å². The lowest BCUT2D eigenvalue weighted by Gasteiger charge is -2.32. The smallest absolute Gasteiger partial charge is 0.258 e. The van der Waals surface area contributed by atoms with Gasteiger partial charge in [-0.05, 0) is 62.6 Å². The van der Waals surface area contributed by atoms with Gasteiger partial charge in [0.05, 0.1) is 5.69 Å². The maximum absolute atomic E-state index is 12.8. The standard InChI is InChI=1S/C27H32N4O2S/c1-19-20(2)34-26(28-19)18-33-25-8-9-31(27(32)16-25)24-7-6-22-14-21(4-5-23(22)15-24)17-30-12-10-29(3)11-13-30/h4-5,8-9,14-16H,6-7,10-13,17-18H2,1-3H3. The zero-order valence-corrected chi connectivity index (χ0v) is 21.0. The largest absolute Gasteiger partial charge is 0.486 e. The number of fused-ring (bicyclic) bond motifs is 1. The van der Waals surface area contributed by atoms with E-state index >= 15 is 0 Å². The fourth-order valence-corrected chi connectivity index (χ4v) is 5.46. The van der Waals surface area contributed by atoms with Crippen LogP contribution in [0.5, 0.6) is 5.75 Å². The van der Waals surface area contributed by atoms with Gasteiger partial charge in [-0.3, -0.25) is 14.3 Å². The molecule has 3 heterocycles. The summed E-state index contributed by atoms with van der Waals surface area (Å²) in [6, 6.07) is 10.2. The first kappa shape index (κ1) is 23.0. The molecule has 7 heteroatoms. The minimum atomic E-state index is -0.0645. The van der Waals surface area contributed by atoms with Gasteiger partial charge >= 0.3 is 0 Å². The van der Waals surface area contributed by atoms with E-state index in [4.69, 9.17) is 4.74 Å². The Bertz CT molecular complexity index is 1250. The zero-order chi connectivity index (χ0) is 23.7. The number of benzene rings is 1. The number of hydrogen-bond donors (Lipinski definition) is 0. The number of piperazine rings is 1. The van der Waals surface area contributed by atoms with Crippen LogP contribution in [0, 0.1) is 13.8 Å². The summed E-state index contributed by atoms with van der Waals surface area (Å²) < 4.78 is 7.57. The molecule has 0 saturated carbocycles. The van der Waals surface area contributed by atoms with Gasteiger partial charge in [-0.25, -0.2) is 4.98 Å². The van der Waals surface area contributed by atoms with Gasteiger partial charge in [-0.2, -0.15) is 0 Å². The molecule has 1 aromatic carbocycles. The van der Waals surface area contributed by atoms with Gasteiger partial charge in [-0.15, -0.1) is 11.3 Å². The molecule has 0 amide bonds. The Morgan fingerprint density at radius 1 is 1.06 bits per heavy atom. The van der Waals surface area contributed by atoms with Gasteiger partial charge in [0.15, 0.2) is 0 Å². The van der Waals surface area contributed by atoms with E-state index in [1.165, 1.54) is 21.6 Å². The Labute approximate surface area is 205 Å². The molecule has 2 aliphatic rings. The Morgan fingerprint density at radius 2 is 1.88 bits per heavy atom. The summed E-state index contributed by atoms with van der Waals surface area (Å²) in [4.78, 5) is 23.5. The maximum atomic E-state index is 12.8. The molecule has 1 aliphatic heterocycles. The predicted octanol–water partition coefficient (Wildman–Crippen LogP) is 4.19. The first-order chi connectivity index (χ1) is 16.4. The Balaban J connectivity index is 1.26. The van der Waals surface area contributed by atoms with Crippen molar-refractivity contribution in [1.82, 2.24) is 19.4 Å². The number of pyridine rings is 1. The van der Waals surface area contributed by atoms with E-state index in [-0.39, 0.29) is 5.56 Å². The molecule has 1 aliphatic carbocycles. The topological polar surface area (TPSA) is 50.6 Å². The summed E-state index contributed by atoms with van der Waals surface area (Å²) >= 11 is 1.63. The molecule has 34 heavy (non-hydrogen) atoms. The summed E-state index contributed by atoms with van der Waals surface area (Å²) in [7, 11) is 2.19. The number of aromatic nitrogens is 2. The fourth-order valence-electron chi connectivity index (χ4n) is 4.62. The lowest BCUT2D eigenvalue weighted by molar-refractivity contribution is 0.148. The minimum absolute atomic E-state index is 0.0645. The van der Waals surface area contributed by atoms with E-state index in [0.717, 1.165) is 62.0 Å². The van der Waals surface area contributed by atoms with Gasteiger partial charge < -0.3 is 9.64 Å². The number of rotatable bonds is 6. The second kappa shape index (κ2) is 9.86. The second-order valence-electron chi connectivity index (χ2n) is 9.36. The molecule has 178 valence electrons. The third kappa shape index (κ3) is 5.17. The number of nitrogens with zero attached hydrogens (tertiary/aromatic N) is 4. The molecule has 1 fully saturated rings. The van der Waals surface area contributed by atoms with Gasteiger partial charge in [-0.1, -0.05) is 18.2 Å². The van der Waals surface area contributed by atoms with Crippen molar-refractivity contribution in [2.75, 3.05) is 33.2 Å². The summed E-state index contributed by atoms with van der Waals surface area (Å²) in [5.41, 5.74) is 5.97. The highest BCUT2D eigenvalue weighted by molar-refractivity contribution is 7.11. The molecule has 2 aromatic heterocycles. The van der Waals surface area contributed by atoms with Gasteiger partial charge in [0, 0.05) is 55.6 Å². The summed E-state index contributed by atoms with van der Waals surface area (Å²) in [6.07, 6.45) is 5.78. The van der Waals surface area contributed by atoms with Crippen LogP contribution in [0.3, 0.4) is 0 Å². The van der Waals surface area contributed by atoms with Crippen LogP contribution in [0.25, 0.3) is 11.8 Å². The van der Waals surface area contributed by atoms with E-state index < -0.39 is 0 Å². The Hall–Kier alpha value is -2.74. The van der Waals surface area contributed by atoms with E-state index in [1.54, 1.807) is 22.0 Å². The number of aryl methyl sites for hydroxylation is 3. The first-order valence-corrected chi connectivity index (χ1v) is 12.8.